The predicted octanol–water partition coefficient (Wildman–Crippen LogP) is 6.45. The number of hydrogen-bond donors (Lipinski definition) is 0. The maximum Gasteiger partial charge on any atom is 0.0617 e. The first-order chi connectivity index (χ1) is 12.3. The van der Waals surface area contributed by atoms with Crippen molar-refractivity contribution < 1.29 is 0 Å². The monoisotopic (exact) mass is 319 g/mol. The smallest absolute Gasteiger partial charge is 0.0617 e. The SMILES string of the molecule is C=CC1=C2C(C)c3cccc4c5cccc(c5n2c34)-c2ccccc21. The first-order valence-corrected chi connectivity index (χ1v) is 8.84. The maximum atomic E-state index is 4.17. The summed E-state index contributed by atoms with van der Waals surface area (Å²) >= 11 is 0. The van der Waals surface area contributed by atoms with Gasteiger partial charge < -0.3 is 4.57 Å². The van der Waals surface area contributed by atoms with Crippen LogP contribution in [0.5, 0.6) is 0 Å². The lowest BCUT2D eigenvalue weighted by Crippen LogP contribution is -1.98. The average molecular weight is 319 g/mol. The standard InChI is InChI=1S/C24H17N/c1-3-15-17-8-4-5-9-18(17)19-11-7-13-21-20-12-6-10-16-14(2)22(15)25(23(16)20)24(19)21/h3-14H,1H2,2H3. The second-order valence-corrected chi connectivity index (χ2v) is 7.05. The number of fused-ring (bicyclic) bond motifs is 3. The summed E-state index contributed by atoms with van der Waals surface area (Å²) in [4.78, 5) is 0. The molecule has 1 atom stereocenters. The fourth-order valence-corrected chi connectivity index (χ4v) is 4.95. The Morgan fingerprint density at radius 1 is 0.800 bits per heavy atom. The number of benzene rings is 3. The second kappa shape index (κ2) is 4.31. The summed E-state index contributed by atoms with van der Waals surface area (Å²) < 4.78 is 2.51. The van der Waals surface area contributed by atoms with Crippen molar-refractivity contribution in [2.75, 3.05) is 0 Å². The summed E-state index contributed by atoms with van der Waals surface area (Å²) in [5, 5.41) is 2.71. The summed E-state index contributed by atoms with van der Waals surface area (Å²) in [5.74, 6) is 0.371. The van der Waals surface area contributed by atoms with Gasteiger partial charge in [0.2, 0.25) is 0 Å². The maximum absolute atomic E-state index is 4.17. The molecule has 1 aromatic heterocycles. The number of allylic oxidation sites excluding steroid dienone is 3. The molecule has 0 N–H and O–H groups in total. The molecular weight excluding hydrogens is 302 g/mol. The van der Waals surface area contributed by atoms with Crippen molar-refractivity contribution in [2.24, 2.45) is 0 Å². The van der Waals surface area contributed by atoms with Crippen LogP contribution in [0.4, 0.5) is 0 Å². The molecule has 0 radical (unpaired) electrons. The summed E-state index contributed by atoms with van der Waals surface area (Å²) in [6.45, 7) is 6.50. The van der Waals surface area contributed by atoms with E-state index in [4.69, 9.17) is 0 Å². The zero-order valence-electron chi connectivity index (χ0n) is 14.1. The largest absolute Gasteiger partial charge is 0.311 e. The summed E-state index contributed by atoms with van der Waals surface area (Å²) in [7, 11) is 0. The molecule has 0 fully saturated rings. The Morgan fingerprint density at radius 3 is 2.28 bits per heavy atom. The predicted molar refractivity (Wildman–Crippen MR) is 107 cm³/mol. The van der Waals surface area contributed by atoms with Gasteiger partial charge in [0.1, 0.15) is 0 Å². The van der Waals surface area contributed by atoms with Crippen LogP contribution in [0.1, 0.15) is 24.0 Å². The zero-order valence-corrected chi connectivity index (χ0v) is 14.1. The van der Waals surface area contributed by atoms with Crippen molar-refractivity contribution in [1.29, 1.82) is 0 Å². The van der Waals surface area contributed by atoms with Gasteiger partial charge in [-0.1, -0.05) is 80.2 Å². The van der Waals surface area contributed by atoms with E-state index >= 15 is 0 Å². The summed E-state index contributed by atoms with van der Waals surface area (Å²) in [6.07, 6.45) is 2.04. The highest BCUT2D eigenvalue weighted by molar-refractivity contribution is 6.21. The number of para-hydroxylation sites is 2. The first kappa shape index (κ1) is 13.3. The Bertz CT molecular complexity index is 1270. The van der Waals surface area contributed by atoms with Crippen molar-refractivity contribution >= 4 is 33.1 Å². The van der Waals surface area contributed by atoms with Gasteiger partial charge in [0.25, 0.3) is 0 Å². The van der Waals surface area contributed by atoms with Gasteiger partial charge in [0.05, 0.1) is 11.0 Å². The summed E-state index contributed by atoms with van der Waals surface area (Å²) in [6, 6.07) is 22.2. The fraction of sp³-hybridized carbons (Fsp3) is 0.0833. The van der Waals surface area contributed by atoms with Crippen LogP contribution in [-0.2, 0) is 0 Å². The number of rotatable bonds is 1. The molecule has 0 saturated carbocycles. The molecule has 0 amide bonds. The van der Waals surface area contributed by atoms with Gasteiger partial charge in [-0.3, -0.25) is 0 Å². The van der Waals surface area contributed by atoms with Crippen LogP contribution in [-0.4, -0.2) is 4.57 Å². The van der Waals surface area contributed by atoms with Gasteiger partial charge in [-0.2, -0.15) is 0 Å². The lowest BCUT2D eigenvalue weighted by molar-refractivity contribution is 0.989. The lowest BCUT2D eigenvalue weighted by atomic mass is 9.91. The van der Waals surface area contributed by atoms with Gasteiger partial charge >= 0.3 is 0 Å². The first-order valence-electron chi connectivity index (χ1n) is 8.84. The molecule has 0 aliphatic carbocycles. The minimum Gasteiger partial charge on any atom is -0.311 e. The molecule has 1 unspecified atom stereocenters. The Morgan fingerprint density at radius 2 is 1.48 bits per heavy atom. The highest BCUT2D eigenvalue weighted by Gasteiger charge is 2.34. The topological polar surface area (TPSA) is 4.93 Å². The Labute approximate surface area is 146 Å². The van der Waals surface area contributed by atoms with Gasteiger partial charge in [0, 0.05) is 33.5 Å². The third-order valence-electron chi connectivity index (χ3n) is 5.95. The molecule has 0 bridgehead atoms. The number of hydrogen-bond acceptors (Lipinski definition) is 0. The summed E-state index contributed by atoms with van der Waals surface area (Å²) in [5.41, 5.74) is 10.7. The van der Waals surface area contributed by atoms with Crippen molar-refractivity contribution in [2.45, 2.75) is 12.8 Å². The molecule has 2 aliphatic heterocycles. The van der Waals surface area contributed by atoms with E-state index in [1.165, 1.54) is 55.3 Å². The van der Waals surface area contributed by atoms with E-state index in [2.05, 4.69) is 78.7 Å². The molecule has 6 rings (SSSR count). The number of aromatic nitrogens is 1. The zero-order chi connectivity index (χ0) is 16.7. The van der Waals surface area contributed by atoms with Crippen LogP contribution in [0.2, 0.25) is 0 Å². The molecular formula is C24H17N. The molecule has 3 aromatic carbocycles. The molecule has 3 heterocycles. The molecule has 1 heteroatoms. The minimum atomic E-state index is 0.371. The highest BCUT2D eigenvalue weighted by atomic mass is 15.0. The van der Waals surface area contributed by atoms with E-state index in [1.807, 2.05) is 6.08 Å². The van der Waals surface area contributed by atoms with Gasteiger partial charge in [-0.05, 0) is 16.7 Å². The van der Waals surface area contributed by atoms with Crippen LogP contribution in [0.25, 0.3) is 44.2 Å². The van der Waals surface area contributed by atoms with E-state index in [0.717, 1.165) is 0 Å². The van der Waals surface area contributed by atoms with E-state index in [-0.39, 0.29) is 0 Å². The normalized spacial score (nSPS) is 17.4. The van der Waals surface area contributed by atoms with Gasteiger partial charge in [0.15, 0.2) is 0 Å². The van der Waals surface area contributed by atoms with E-state index in [0.29, 0.717) is 5.92 Å². The molecule has 0 spiro atoms. The Balaban J connectivity index is 2.01. The molecule has 0 saturated heterocycles. The quantitative estimate of drug-likeness (QED) is 0.380. The Kier molecular flexibility index (Phi) is 2.29. The average Bonchev–Trinajstić information content (AvgIpc) is 3.09. The molecule has 25 heavy (non-hydrogen) atoms. The molecule has 4 aromatic rings. The fourth-order valence-electron chi connectivity index (χ4n) is 4.95. The lowest BCUT2D eigenvalue weighted by Gasteiger charge is -2.14. The third kappa shape index (κ3) is 1.37. The molecule has 2 aliphatic rings. The molecule has 118 valence electrons. The van der Waals surface area contributed by atoms with Gasteiger partial charge in [-0.15, -0.1) is 0 Å². The highest BCUT2D eigenvalue weighted by Crippen LogP contribution is 2.53. The van der Waals surface area contributed by atoms with E-state index in [1.54, 1.807) is 0 Å². The second-order valence-electron chi connectivity index (χ2n) is 7.05. The van der Waals surface area contributed by atoms with Crippen molar-refractivity contribution in [1.82, 2.24) is 4.57 Å². The minimum absolute atomic E-state index is 0.371. The van der Waals surface area contributed by atoms with Crippen LogP contribution in [0.3, 0.4) is 0 Å². The number of nitrogens with zero attached hydrogens (tertiary/aromatic N) is 1. The van der Waals surface area contributed by atoms with Crippen molar-refractivity contribution in [3.05, 3.63) is 84.4 Å². The van der Waals surface area contributed by atoms with E-state index in [9.17, 15) is 0 Å². The van der Waals surface area contributed by atoms with Crippen molar-refractivity contribution in [3.8, 4) is 11.1 Å². The van der Waals surface area contributed by atoms with Crippen molar-refractivity contribution in [3.63, 3.8) is 0 Å². The van der Waals surface area contributed by atoms with Crippen LogP contribution in [0, 0.1) is 0 Å². The van der Waals surface area contributed by atoms with Crippen LogP contribution >= 0.6 is 0 Å². The Hall–Kier alpha value is -3.06. The van der Waals surface area contributed by atoms with E-state index < -0.39 is 0 Å². The van der Waals surface area contributed by atoms with Crippen LogP contribution in [0.15, 0.2) is 73.3 Å². The van der Waals surface area contributed by atoms with Gasteiger partial charge in [-0.25, -0.2) is 0 Å². The molecule has 1 nitrogen and oxygen atoms in total. The third-order valence-corrected chi connectivity index (χ3v) is 5.95. The van der Waals surface area contributed by atoms with Crippen LogP contribution < -0.4 is 0 Å².